The quantitative estimate of drug-likeness (QED) is 0.354. The van der Waals surface area contributed by atoms with Crippen LogP contribution in [0.3, 0.4) is 0 Å². The maximum Gasteiger partial charge on any atom is 0.308 e. The number of aliphatic hydroxyl groups is 1. The van der Waals surface area contributed by atoms with Gasteiger partial charge in [0.05, 0.1) is 36.8 Å². The molecule has 1 fully saturated rings. The summed E-state index contributed by atoms with van der Waals surface area (Å²) in [5, 5.41) is 37.8. The summed E-state index contributed by atoms with van der Waals surface area (Å²) < 4.78 is 23.1. The number of fused-ring (bicyclic) bond motifs is 9. The third-order valence-corrected chi connectivity index (χ3v) is 9.69. The first-order valence-corrected chi connectivity index (χ1v) is 14.2. The van der Waals surface area contributed by atoms with Gasteiger partial charge in [0.2, 0.25) is 12.7 Å². The molecule has 0 aliphatic carbocycles. The molecule has 2 aromatic carbocycles. The number of benzene rings is 2. The largest absolute Gasteiger partial charge is 0.504 e. The zero-order valence-corrected chi connectivity index (χ0v) is 25.3. The Kier molecular flexibility index (Phi) is 6.76. The van der Waals surface area contributed by atoms with E-state index in [0.717, 1.165) is 11.1 Å². The number of hydrogen-bond donors (Lipinski definition) is 3. The number of aliphatic hydroxyl groups excluding tert-OH is 1. The van der Waals surface area contributed by atoms with Crippen LogP contribution in [0.2, 0.25) is 0 Å². The number of aromatic hydroxyl groups is 1. The van der Waals surface area contributed by atoms with Crippen LogP contribution >= 0.6 is 0 Å². The van der Waals surface area contributed by atoms with Gasteiger partial charge >= 0.3 is 5.97 Å². The Bertz CT molecular complexity index is 1600. The van der Waals surface area contributed by atoms with Gasteiger partial charge in [0.15, 0.2) is 23.0 Å². The number of methoxy groups -OCH3 is 1. The number of piperazine rings is 1. The standard InChI is InChI=1S/C31H36N4O8/c1-13-8-17-9-31(5)19(10-32)35-18(11-33-15(3)36)21-22(28(43-16(4)37)14(2)29-30(21)42-12-41-29)25(38)24(35)23(34(31)6)20(17)26(39)27(13)40-7/h8,18-19,23-25,38-39H,9,11-12H2,1-7H3,(H,33,36)/t18-,19-,23?,24-,25+,31+/m0/s1. The summed E-state index contributed by atoms with van der Waals surface area (Å²) in [4.78, 5) is 28.6. The van der Waals surface area contributed by atoms with Crippen LogP contribution in [-0.2, 0) is 16.0 Å². The molecule has 6 rings (SSSR count). The molecule has 2 aromatic rings. The molecular weight excluding hydrogens is 556 g/mol. The minimum atomic E-state index is -1.31. The summed E-state index contributed by atoms with van der Waals surface area (Å²) >= 11 is 0. The first-order chi connectivity index (χ1) is 20.4. The highest BCUT2D eigenvalue weighted by Crippen LogP contribution is 2.62. The lowest BCUT2D eigenvalue weighted by Gasteiger charge is -2.65. The summed E-state index contributed by atoms with van der Waals surface area (Å²) in [5.41, 5.74) is 2.76. The van der Waals surface area contributed by atoms with Gasteiger partial charge in [-0.15, -0.1) is 0 Å². The highest BCUT2D eigenvalue weighted by molar-refractivity contribution is 5.75. The SMILES string of the molecule is COc1c(C)cc2c(c1O)C1[C@H]3[C@H](O)c4c(OC(C)=O)c(C)c5c(c4[C@H](CNC(C)=O)N3[C@@H](C#N)[C@@](C)(C2)N1C)OCO5. The summed E-state index contributed by atoms with van der Waals surface area (Å²) in [6, 6.07) is 1.60. The first-order valence-electron chi connectivity index (χ1n) is 14.2. The minimum absolute atomic E-state index is 0.0229. The van der Waals surface area contributed by atoms with E-state index in [-0.39, 0.29) is 30.7 Å². The molecule has 0 saturated carbocycles. The van der Waals surface area contributed by atoms with Crippen LogP contribution in [-0.4, -0.2) is 77.0 Å². The maximum atomic E-state index is 12.5. The van der Waals surface area contributed by atoms with Crippen molar-refractivity contribution in [3.05, 3.63) is 39.4 Å². The number of carbonyl (C=O) groups is 2. The third kappa shape index (κ3) is 3.91. The Morgan fingerprint density at radius 3 is 2.51 bits per heavy atom. The van der Waals surface area contributed by atoms with Gasteiger partial charge in [-0.25, -0.2) is 0 Å². The molecule has 1 saturated heterocycles. The molecule has 12 heteroatoms. The van der Waals surface area contributed by atoms with E-state index in [9.17, 15) is 25.1 Å². The van der Waals surface area contributed by atoms with E-state index in [2.05, 4.69) is 11.4 Å². The van der Waals surface area contributed by atoms with E-state index in [4.69, 9.17) is 18.9 Å². The van der Waals surface area contributed by atoms with Crippen molar-refractivity contribution >= 4 is 11.9 Å². The van der Waals surface area contributed by atoms with Crippen molar-refractivity contribution in [1.82, 2.24) is 15.1 Å². The van der Waals surface area contributed by atoms with E-state index in [1.54, 1.807) is 6.92 Å². The molecule has 0 spiro atoms. The topological polar surface area (TPSA) is 154 Å². The Hall–Kier alpha value is -4.05. The fourth-order valence-corrected chi connectivity index (χ4v) is 7.87. The Balaban J connectivity index is 1.69. The second-order valence-electron chi connectivity index (χ2n) is 12.0. The number of ether oxygens (including phenoxy) is 4. The highest BCUT2D eigenvalue weighted by Gasteiger charge is 2.63. The lowest BCUT2D eigenvalue weighted by atomic mass is 9.66. The van der Waals surface area contributed by atoms with Gasteiger partial charge in [-0.1, -0.05) is 6.07 Å². The number of nitrogens with one attached hydrogen (secondary N) is 1. The number of aryl methyl sites for hydroxylation is 1. The monoisotopic (exact) mass is 592 g/mol. The molecule has 12 nitrogen and oxygen atoms in total. The van der Waals surface area contributed by atoms with Crippen molar-refractivity contribution in [2.45, 2.75) is 76.8 Å². The zero-order valence-electron chi connectivity index (χ0n) is 25.3. The van der Waals surface area contributed by atoms with Crippen molar-refractivity contribution in [2.75, 3.05) is 27.5 Å². The predicted molar refractivity (Wildman–Crippen MR) is 152 cm³/mol. The maximum absolute atomic E-state index is 12.5. The third-order valence-electron chi connectivity index (χ3n) is 9.69. The van der Waals surface area contributed by atoms with Crippen LogP contribution in [0.5, 0.6) is 28.7 Å². The van der Waals surface area contributed by atoms with Gasteiger partial charge < -0.3 is 34.5 Å². The van der Waals surface area contributed by atoms with Gasteiger partial charge in [-0.2, -0.15) is 5.26 Å². The van der Waals surface area contributed by atoms with E-state index in [1.807, 2.05) is 36.8 Å². The van der Waals surface area contributed by atoms with Crippen molar-refractivity contribution in [1.29, 1.82) is 5.26 Å². The lowest BCUT2D eigenvalue weighted by molar-refractivity contribution is -0.153. The fourth-order valence-electron chi connectivity index (χ4n) is 7.87. The highest BCUT2D eigenvalue weighted by atomic mass is 16.7. The molecule has 0 aromatic heterocycles. The number of hydrogen-bond acceptors (Lipinski definition) is 11. The van der Waals surface area contributed by atoms with Crippen LogP contribution in [0.1, 0.15) is 72.3 Å². The van der Waals surface area contributed by atoms with Crippen molar-refractivity contribution < 1.29 is 38.7 Å². The van der Waals surface area contributed by atoms with Gasteiger partial charge in [0.1, 0.15) is 17.9 Å². The summed E-state index contributed by atoms with van der Waals surface area (Å²) in [6.07, 6.45) is -0.869. The zero-order chi connectivity index (χ0) is 31.1. The van der Waals surface area contributed by atoms with Crippen molar-refractivity contribution in [3.63, 3.8) is 0 Å². The van der Waals surface area contributed by atoms with Gasteiger partial charge in [0, 0.05) is 42.6 Å². The van der Waals surface area contributed by atoms with Crippen molar-refractivity contribution in [2.24, 2.45) is 0 Å². The molecule has 2 bridgehead atoms. The fraction of sp³-hybridized carbons (Fsp3) is 0.516. The molecule has 43 heavy (non-hydrogen) atoms. The Morgan fingerprint density at radius 2 is 1.88 bits per heavy atom. The summed E-state index contributed by atoms with van der Waals surface area (Å²) in [7, 11) is 3.39. The molecule has 4 aliphatic rings. The molecule has 4 heterocycles. The Labute approximate surface area is 249 Å². The Morgan fingerprint density at radius 1 is 1.19 bits per heavy atom. The molecule has 3 N–H and O–H groups in total. The van der Waals surface area contributed by atoms with Crippen LogP contribution < -0.4 is 24.3 Å². The summed E-state index contributed by atoms with van der Waals surface area (Å²) in [5.74, 6) is 0.366. The number of esters is 1. The average molecular weight is 593 g/mol. The minimum Gasteiger partial charge on any atom is -0.504 e. The second-order valence-corrected chi connectivity index (χ2v) is 12.0. The summed E-state index contributed by atoms with van der Waals surface area (Å²) in [6.45, 7) is 8.27. The van der Waals surface area contributed by atoms with E-state index in [1.165, 1.54) is 21.0 Å². The van der Waals surface area contributed by atoms with Crippen LogP contribution in [0.4, 0.5) is 0 Å². The number of nitriles is 1. The number of amides is 1. The number of carbonyl (C=O) groups excluding carboxylic acids is 2. The van der Waals surface area contributed by atoms with Crippen LogP contribution in [0.15, 0.2) is 6.07 Å². The van der Waals surface area contributed by atoms with Gasteiger partial charge in [0.25, 0.3) is 0 Å². The number of phenolic OH excluding ortho intramolecular Hbond substituents is 1. The van der Waals surface area contributed by atoms with Gasteiger partial charge in [-0.05, 0) is 45.4 Å². The first kappa shape index (κ1) is 29.0. The number of likely N-dealkylation sites (N-methyl/N-ethyl adjacent to an activating group) is 1. The van der Waals surface area contributed by atoms with E-state index >= 15 is 0 Å². The number of nitrogens with zero attached hydrogens (tertiary/aromatic N) is 3. The van der Waals surface area contributed by atoms with E-state index < -0.39 is 41.8 Å². The smallest absolute Gasteiger partial charge is 0.308 e. The predicted octanol–water partition coefficient (Wildman–Crippen LogP) is 2.46. The van der Waals surface area contributed by atoms with Crippen LogP contribution in [0.25, 0.3) is 0 Å². The molecule has 0 radical (unpaired) electrons. The lowest BCUT2D eigenvalue weighted by Crippen LogP contribution is -2.74. The molecule has 6 atom stereocenters. The van der Waals surface area contributed by atoms with E-state index in [0.29, 0.717) is 45.9 Å². The second kappa shape index (κ2) is 10.0. The average Bonchev–Trinajstić information content (AvgIpc) is 3.42. The number of phenols is 1. The molecular formula is C31H36N4O8. The molecule has 228 valence electrons. The molecule has 4 aliphatic heterocycles. The van der Waals surface area contributed by atoms with Crippen molar-refractivity contribution in [3.8, 4) is 34.8 Å². The normalized spacial score (nSPS) is 28.7. The van der Waals surface area contributed by atoms with Crippen LogP contribution in [0, 0.1) is 25.2 Å². The van der Waals surface area contributed by atoms with Gasteiger partial charge in [-0.3, -0.25) is 19.4 Å². The molecule has 1 unspecified atom stereocenters. The molecule has 1 amide bonds. The number of rotatable bonds is 4.